The number of tetrazole rings is 1. The van der Waals surface area contributed by atoms with Crippen molar-refractivity contribution in [2.24, 2.45) is 0 Å². The average Bonchev–Trinajstić information content (AvgIpc) is 3.01. The third-order valence-corrected chi connectivity index (χ3v) is 2.97. The van der Waals surface area contributed by atoms with Crippen molar-refractivity contribution >= 4 is 11.9 Å². The van der Waals surface area contributed by atoms with Crippen LogP contribution < -0.4 is 5.32 Å². The van der Waals surface area contributed by atoms with E-state index in [1.807, 2.05) is 36.4 Å². The van der Waals surface area contributed by atoms with Gasteiger partial charge in [0.2, 0.25) is 0 Å². The maximum atomic E-state index is 12.1. The summed E-state index contributed by atoms with van der Waals surface area (Å²) in [6, 6.07) is 13.3. The fraction of sp³-hybridized carbons (Fsp3) is 0.0714. The highest BCUT2D eigenvalue weighted by molar-refractivity contribution is 6.04. The summed E-state index contributed by atoms with van der Waals surface area (Å²) in [5.41, 5.74) is 2.94. The number of carbonyl (C=O) groups is 1. The van der Waals surface area contributed by atoms with Crippen molar-refractivity contribution in [3.05, 3.63) is 53.7 Å². The van der Waals surface area contributed by atoms with Crippen molar-refractivity contribution in [2.75, 3.05) is 5.32 Å². The van der Waals surface area contributed by atoms with E-state index in [2.05, 4.69) is 30.9 Å². The summed E-state index contributed by atoms with van der Waals surface area (Å²) >= 11 is 0. The standard InChI is InChI=1S/C14H12N6O/c1-9-11(13(21)16-14-17-19-20-18-14)7-8-12(15-9)10-5-3-2-4-6-10/h2-8H,1H3,(H2,16,17,18,19,20,21). The molecular formula is C14H12N6O. The maximum Gasteiger partial charge on any atom is 0.270 e. The molecule has 0 saturated carbocycles. The number of aromatic amines is 1. The van der Waals surface area contributed by atoms with E-state index in [1.54, 1.807) is 13.0 Å². The van der Waals surface area contributed by atoms with Crippen molar-refractivity contribution in [1.82, 2.24) is 25.6 Å². The van der Waals surface area contributed by atoms with Crippen molar-refractivity contribution in [1.29, 1.82) is 0 Å². The van der Waals surface area contributed by atoms with Crippen molar-refractivity contribution < 1.29 is 4.79 Å². The van der Waals surface area contributed by atoms with Gasteiger partial charge in [0.1, 0.15) is 0 Å². The van der Waals surface area contributed by atoms with Gasteiger partial charge in [-0.2, -0.15) is 5.21 Å². The van der Waals surface area contributed by atoms with Crippen LogP contribution in [-0.2, 0) is 0 Å². The number of aromatic nitrogens is 5. The highest BCUT2D eigenvalue weighted by atomic mass is 16.1. The second kappa shape index (κ2) is 5.49. The monoisotopic (exact) mass is 280 g/mol. The van der Waals surface area contributed by atoms with Crippen molar-refractivity contribution in [3.63, 3.8) is 0 Å². The minimum Gasteiger partial charge on any atom is -0.288 e. The molecular weight excluding hydrogens is 268 g/mol. The van der Waals surface area contributed by atoms with Crippen LogP contribution >= 0.6 is 0 Å². The molecule has 0 unspecified atom stereocenters. The molecule has 0 saturated heterocycles. The molecule has 0 atom stereocenters. The van der Waals surface area contributed by atoms with Crippen LogP contribution in [0, 0.1) is 6.92 Å². The van der Waals surface area contributed by atoms with Gasteiger partial charge in [-0.25, -0.2) is 0 Å². The van der Waals surface area contributed by atoms with E-state index in [0.717, 1.165) is 11.3 Å². The Labute approximate surface area is 120 Å². The van der Waals surface area contributed by atoms with Crippen LogP contribution in [-0.4, -0.2) is 31.5 Å². The summed E-state index contributed by atoms with van der Waals surface area (Å²) in [7, 11) is 0. The lowest BCUT2D eigenvalue weighted by atomic mass is 10.1. The van der Waals surface area contributed by atoms with Crippen LogP contribution in [0.3, 0.4) is 0 Å². The number of hydrogen-bond acceptors (Lipinski definition) is 5. The number of nitrogens with one attached hydrogen (secondary N) is 2. The van der Waals surface area contributed by atoms with E-state index < -0.39 is 0 Å². The smallest absolute Gasteiger partial charge is 0.270 e. The molecule has 2 aromatic heterocycles. The Balaban J connectivity index is 1.86. The fourth-order valence-electron chi connectivity index (χ4n) is 1.95. The molecule has 7 heteroatoms. The van der Waals surface area contributed by atoms with Crippen LogP contribution in [0.4, 0.5) is 5.95 Å². The Bertz CT molecular complexity index is 754. The third kappa shape index (κ3) is 2.76. The summed E-state index contributed by atoms with van der Waals surface area (Å²) in [6.07, 6.45) is 0. The number of rotatable bonds is 3. The Morgan fingerprint density at radius 3 is 2.62 bits per heavy atom. The molecule has 0 fully saturated rings. The average molecular weight is 280 g/mol. The Hall–Kier alpha value is -3.09. The molecule has 2 heterocycles. The lowest BCUT2D eigenvalue weighted by Crippen LogP contribution is -2.15. The molecule has 0 spiro atoms. The van der Waals surface area contributed by atoms with Gasteiger partial charge in [-0.05, 0) is 24.3 Å². The van der Waals surface area contributed by atoms with Crippen LogP contribution in [0.25, 0.3) is 11.3 Å². The molecule has 0 bridgehead atoms. The van der Waals surface area contributed by atoms with Gasteiger partial charge >= 0.3 is 0 Å². The van der Waals surface area contributed by atoms with Crippen LogP contribution in [0.2, 0.25) is 0 Å². The molecule has 0 aliphatic rings. The first-order valence-corrected chi connectivity index (χ1v) is 6.32. The first-order valence-electron chi connectivity index (χ1n) is 6.32. The van der Waals surface area contributed by atoms with Crippen molar-refractivity contribution in [3.8, 4) is 11.3 Å². The highest BCUT2D eigenvalue weighted by Crippen LogP contribution is 2.18. The molecule has 2 N–H and O–H groups in total. The highest BCUT2D eigenvalue weighted by Gasteiger charge is 2.13. The summed E-state index contributed by atoms with van der Waals surface area (Å²) in [5.74, 6) is -0.187. The zero-order valence-electron chi connectivity index (χ0n) is 11.2. The largest absolute Gasteiger partial charge is 0.288 e. The first-order chi connectivity index (χ1) is 10.2. The first kappa shape index (κ1) is 12.9. The lowest BCUT2D eigenvalue weighted by molar-refractivity contribution is 0.102. The maximum absolute atomic E-state index is 12.1. The van der Waals surface area contributed by atoms with E-state index >= 15 is 0 Å². The van der Waals surface area contributed by atoms with Gasteiger partial charge in [0.05, 0.1) is 17.0 Å². The summed E-state index contributed by atoms with van der Waals surface area (Å²) in [6.45, 7) is 1.79. The van der Waals surface area contributed by atoms with Crippen LogP contribution in [0.1, 0.15) is 16.1 Å². The SMILES string of the molecule is Cc1nc(-c2ccccc2)ccc1C(=O)Nc1nn[nH]n1. The van der Waals surface area contributed by atoms with Gasteiger partial charge in [0.25, 0.3) is 11.9 Å². The normalized spacial score (nSPS) is 10.3. The predicted molar refractivity (Wildman–Crippen MR) is 76.5 cm³/mol. The third-order valence-electron chi connectivity index (χ3n) is 2.97. The fourth-order valence-corrected chi connectivity index (χ4v) is 1.95. The summed E-state index contributed by atoms with van der Waals surface area (Å²) in [5, 5.41) is 15.5. The topological polar surface area (TPSA) is 96.5 Å². The predicted octanol–water partition coefficient (Wildman–Crippen LogP) is 1.82. The number of benzene rings is 1. The van der Waals surface area contributed by atoms with Crippen LogP contribution in [0.15, 0.2) is 42.5 Å². The number of hydrogen-bond donors (Lipinski definition) is 2. The zero-order chi connectivity index (χ0) is 14.7. The summed E-state index contributed by atoms with van der Waals surface area (Å²) < 4.78 is 0. The van der Waals surface area contributed by atoms with Crippen LogP contribution in [0.5, 0.6) is 0 Å². The lowest BCUT2D eigenvalue weighted by Gasteiger charge is -2.07. The number of anilines is 1. The number of pyridine rings is 1. The molecule has 1 aromatic carbocycles. The van der Waals surface area contributed by atoms with E-state index in [0.29, 0.717) is 11.3 Å². The molecule has 104 valence electrons. The summed E-state index contributed by atoms with van der Waals surface area (Å²) in [4.78, 5) is 16.6. The Morgan fingerprint density at radius 2 is 1.95 bits per heavy atom. The second-order valence-electron chi connectivity index (χ2n) is 4.39. The molecule has 1 amide bonds. The molecule has 21 heavy (non-hydrogen) atoms. The van der Waals surface area contributed by atoms with Crippen molar-refractivity contribution in [2.45, 2.75) is 6.92 Å². The number of nitrogens with zero attached hydrogens (tertiary/aromatic N) is 4. The second-order valence-corrected chi connectivity index (χ2v) is 4.39. The molecule has 3 aromatic rings. The van der Waals surface area contributed by atoms with Gasteiger partial charge in [-0.3, -0.25) is 15.1 Å². The minimum atomic E-state index is -0.319. The van der Waals surface area contributed by atoms with Gasteiger partial charge in [-0.15, -0.1) is 5.10 Å². The van der Waals surface area contributed by atoms with E-state index in [4.69, 9.17) is 0 Å². The number of H-pyrrole nitrogens is 1. The van der Waals surface area contributed by atoms with E-state index in [1.165, 1.54) is 0 Å². The van der Waals surface area contributed by atoms with E-state index in [-0.39, 0.29) is 11.9 Å². The quantitative estimate of drug-likeness (QED) is 0.762. The number of carbonyl (C=O) groups excluding carboxylic acids is 1. The van der Waals surface area contributed by atoms with Gasteiger partial charge in [0, 0.05) is 5.56 Å². The zero-order valence-corrected chi connectivity index (χ0v) is 11.2. The van der Waals surface area contributed by atoms with Gasteiger partial charge in [-0.1, -0.05) is 35.4 Å². The molecule has 0 aliphatic carbocycles. The molecule has 0 radical (unpaired) electrons. The Morgan fingerprint density at radius 1 is 1.14 bits per heavy atom. The number of aryl methyl sites for hydroxylation is 1. The van der Waals surface area contributed by atoms with Gasteiger partial charge < -0.3 is 0 Å². The Kier molecular flexibility index (Phi) is 3.38. The molecule has 7 nitrogen and oxygen atoms in total. The minimum absolute atomic E-state index is 0.131. The molecule has 3 rings (SSSR count). The van der Waals surface area contributed by atoms with Gasteiger partial charge in [0.15, 0.2) is 0 Å². The molecule has 0 aliphatic heterocycles. The van der Waals surface area contributed by atoms with E-state index in [9.17, 15) is 4.79 Å². The number of amides is 1.